The Morgan fingerprint density at radius 3 is 2.79 bits per heavy atom. The topological polar surface area (TPSA) is 50.9 Å². The zero-order valence-corrected chi connectivity index (χ0v) is 11.2. The smallest absolute Gasteiger partial charge is 0.275 e. The molecule has 19 heavy (non-hydrogen) atoms. The van der Waals surface area contributed by atoms with Crippen molar-refractivity contribution in [3.63, 3.8) is 0 Å². The number of carbonyl (C=O) groups excluding carboxylic acids is 1. The summed E-state index contributed by atoms with van der Waals surface area (Å²) in [6, 6.07) is 6.62. The van der Waals surface area contributed by atoms with E-state index < -0.39 is 0 Å². The number of aromatic amines is 1. The van der Waals surface area contributed by atoms with Crippen molar-refractivity contribution < 1.29 is 14.7 Å². The van der Waals surface area contributed by atoms with Gasteiger partial charge >= 0.3 is 0 Å². The van der Waals surface area contributed by atoms with E-state index >= 15 is 0 Å². The lowest BCUT2D eigenvalue weighted by Gasteiger charge is -2.27. The number of rotatable bonds is 4. The van der Waals surface area contributed by atoms with Gasteiger partial charge < -0.3 is 10.2 Å². The summed E-state index contributed by atoms with van der Waals surface area (Å²) in [4.78, 5) is 18.8. The Labute approximate surface area is 113 Å². The van der Waals surface area contributed by atoms with Gasteiger partial charge in [-0.1, -0.05) is 6.07 Å². The molecule has 1 aliphatic heterocycles. The van der Waals surface area contributed by atoms with Crippen LogP contribution in [0.3, 0.4) is 0 Å². The minimum atomic E-state index is 0.220. The summed E-state index contributed by atoms with van der Waals surface area (Å²) >= 11 is 0. The van der Waals surface area contributed by atoms with Crippen LogP contribution in [0.4, 0.5) is 5.82 Å². The summed E-state index contributed by atoms with van der Waals surface area (Å²) in [7, 11) is 0. The molecule has 1 amide bonds. The number of quaternary nitrogens is 1. The number of aromatic nitrogens is 1. The van der Waals surface area contributed by atoms with Crippen LogP contribution >= 0.6 is 0 Å². The van der Waals surface area contributed by atoms with Crippen LogP contribution in [0.25, 0.3) is 0 Å². The molecule has 2 fully saturated rings. The number of hydrogen-bond donors (Lipinski definition) is 2. The zero-order valence-electron chi connectivity index (χ0n) is 11.2. The molecule has 0 unspecified atom stereocenters. The van der Waals surface area contributed by atoms with Gasteiger partial charge in [0.05, 0.1) is 6.20 Å². The Balaban J connectivity index is 1.45. The van der Waals surface area contributed by atoms with Crippen molar-refractivity contribution in [2.45, 2.75) is 18.9 Å². The van der Waals surface area contributed by atoms with Gasteiger partial charge in [0.2, 0.25) is 0 Å². The van der Waals surface area contributed by atoms with Crippen LogP contribution in [0.15, 0.2) is 24.4 Å². The molecule has 1 saturated carbocycles. The summed E-state index contributed by atoms with van der Waals surface area (Å²) in [5.41, 5.74) is 0. The van der Waals surface area contributed by atoms with Crippen LogP contribution in [0.1, 0.15) is 12.8 Å². The van der Waals surface area contributed by atoms with Gasteiger partial charge in [-0.2, -0.15) is 0 Å². The van der Waals surface area contributed by atoms with E-state index in [0.717, 1.165) is 26.2 Å². The molecule has 2 heterocycles. The van der Waals surface area contributed by atoms with Gasteiger partial charge in [-0.05, 0) is 18.9 Å². The lowest BCUT2D eigenvalue weighted by Crippen LogP contribution is -3.16. The first-order valence-electron chi connectivity index (χ1n) is 7.16. The maximum atomic E-state index is 11.8. The van der Waals surface area contributed by atoms with Crippen LogP contribution in [0.2, 0.25) is 0 Å². The fourth-order valence-corrected chi connectivity index (χ4v) is 2.55. The number of piperazine rings is 1. The fourth-order valence-electron chi connectivity index (χ4n) is 2.55. The Morgan fingerprint density at radius 2 is 2.16 bits per heavy atom. The number of amides is 1. The summed E-state index contributed by atoms with van der Waals surface area (Å²) in [6.45, 7) is 4.70. The molecule has 3 rings (SSSR count). The molecule has 0 radical (unpaired) electrons. The molecule has 2 aliphatic rings. The average molecular weight is 262 g/mol. The van der Waals surface area contributed by atoms with Gasteiger partial charge in [0.25, 0.3) is 11.7 Å². The maximum absolute atomic E-state index is 11.8. The highest BCUT2D eigenvalue weighted by atomic mass is 16.2. The largest absolute Gasteiger partial charge is 0.348 e. The molecular formula is C14H22N4O+2. The molecule has 1 aliphatic carbocycles. The minimum Gasteiger partial charge on any atom is -0.348 e. The Bertz CT molecular complexity index is 424. The molecule has 102 valence electrons. The van der Waals surface area contributed by atoms with Crippen LogP contribution in [0.5, 0.6) is 0 Å². The van der Waals surface area contributed by atoms with Crippen LogP contribution in [-0.4, -0.2) is 44.7 Å². The van der Waals surface area contributed by atoms with E-state index in [-0.39, 0.29) is 5.91 Å². The van der Waals surface area contributed by atoms with Crippen molar-refractivity contribution in [2.75, 3.05) is 37.6 Å². The third kappa shape index (κ3) is 3.44. The highest BCUT2D eigenvalue weighted by Gasteiger charge is 2.29. The summed E-state index contributed by atoms with van der Waals surface area (Å²) in [6.07, 6.45) is 4.29. The van der Waals surface area contributed by atoms with Crippen LogP contribution in [0, 0.1) is 0 Å². The molecule has 5 nitrogen and oxygen atoms in total. The molecule has 1 aromatic rings. The first kappa shape index (κ1) is 12.4. The Morgan fingerprint density at radius 1 is 1.37 bits per heavy atom. The van der Waals surface area contributed by atoms with Gasteiger partial charge in [0.15, 0.2) is 6.54 Å². The number of hydrogen-bond acceptors (Lipinski definition) is 2. The SMILES string of the molecule is O=C(C[NH+]1CCN(c2cccc[nH+]2)CC1)NC1CC1. The molecule has 0 spiro atoms. The van der Waals surface area contributed by atoms with Crippen molar-refractivity contribution >= 4 is 11.7 Å². The van der Waals surface area contributed by atoms with Crippen molar-refractivity contribution in [2.24, 2.45) is 0 Å². The predicted octanol–water partition coefficient (Wildman–Crippen LogP) is -1.52. The number of pyridine rings is 1. The molecule has 5 heteroatoms. The first-order chi connectivity index (χ1) is 9.31. The second-order valence-corrected chi connectivity index (χ2v) is 5.50. The Hall–Kier alpha value is -1.62. The van der Waals surface area contributed by atoms with E-state index in [4.69, 9.17) is 0 Å². The van der Waals surface area contributed by atoms with Crippen LogP contribution in [-0.2, 0) is 4.79 Å². The second-order valence-electron chi connectivity index (χ2n) is 5.50. The summed E-state index contributed by atoms with van der Waals surface area (Å²) < 4.78 is 0. The highest BCUT2D eigenvalue weighted by Crippen LogP contribution is 2.18. The van der Waals surface area contributed by atoms with Gasteiger partial charge in [-0.15, -0.1) is 0 Å². The first-order valence-corrected chi connectivity index (χ1v) is 7.16. The van der Waals surface area contributed by atoms with E-state index in [9.17, 15) is 4.79 Å². The summed E-state index contributed by atoms with van der Waals surface area (Å²) in [5, 5.41) is 3.06. The third-order valence-corrected chi connectivity index (χ3v) is 3.86. The summed E-state index contributed by atoms with van der Waals surface area (Å²) in [5.74, 6) is 1.39. The van der Waals surface area contributed by atoms with Gasteiger partial charge in [-0.3, -0.25) is 9.69 Å². The van der Waals surface area contributed by atoms with Crippen molar-refractivity contribution in [3.8, 4) is 0 Å². The maximum Gasteiger partial charge on any atom is 0.275 e. The molecule has 0 atom stereocenters. The Kier molecular flexibility index (Phi) is 3.64. The quantitative estimate of drug-likeness (QED) is 0.693. The number of anilines is 1. The number of carbonyl (C=O) groups is 1. The fraction of sp³-hybridized carbons (Fsp3) is 0.571. The van der Waals surface area contributed by atoms with E-state index in [2.05, 4.69) is 21.3 Å². The third-order valence-electron chi connectivity index (χ3n) is 3.86. The van der Waals surface area contributed by atoms with Gasteiger partial charge in [0.1, 0.15) is 26.2 Å². The van der Waals surface area contributed by atoms with Gasteiger partial charge in [-0.25, -0.2) is 4.98 Å². The molecule has 1 saturated heterocycles. The van der Waals surface area contributed by atoms with E-state index in [0.29, 0.717) is 12.6 Å². The highest BCUT2D eigenvalue weighted by molar-refractivity contribution is 5.77. The number of nitrogens with zero attached hydrogens (tertiary/aromatic N) is 1. The molecular weight excluding hydrogens is 240 g/mol. The number of H-pyrrole nitrogens is 1. The standard InChI is InChI=1S/C14H20N4O/c19-14(16-12-4-5-12)11-17-7-9-18(10-8-17)13-3-1-2-6-15-13/h1-3,6,12H,4-5,7-11H2,(H,16,19)/p+2. The lowest BCUT2D eigenvalue weighted by atomic mass is 10.3. The number of nitrogens with one attached hydrogen (secondary N) is 3. The average Bonchev–Trinajstić information content (AvgIpc) is 3.24. The zero-order chi connectivity index (χ0) is 13.1. The predicted molar refractivity (Wildman–Crippen MR) is 71.9 cm³/mol. The van der Waals surface area contributed by atoms with Crippen molar-refractivity contribution in [3.05, 3.63) is 24.4 Å². The minimum absolute atomic E-state index is 0.220. The molecule has 3 N–H and O–H groups in total. The normalized spacial score (nSPS) is 20.3. The van der Waals surface area contributed by atoms with Gasteiger partial charge in [0, 0.05) is 12.1 Å². The second kappa shape index (κ2) is 5.57. The van der Waals surface area contributed by atoms with E-state index in [1.807, 2.05) is 18.3 Å². The van der Waals surface area contributed by atoms with Crippen molar-refractivity contribution in [1.82, 2.24) is 5.32 Å². The molecule has 1 aromatic heterocycles. The van der Waals surface area contributed by atoms with E-state index in [1.165, 1.54) is 23.6 Å². The molecule has 0 aromatic carbocycles. The van der Waals surface area contributed by atoms with Crippen molar-refractivity contribution in [1.29, 1.82) is 0 Å². The lowest BCUT2D eigenvalue weighted by molar-refractivity contribution is -0.892. The monoisotopic (exact) mass is 262 g/mol. The van der Waals surface area contributed by atoms with E-state index in [1.54, 1.807) is 0 Å². The van der Waals surface area contributed by atoms with Crippen LogP contribution < -0.4 is 20.1 Å². The molecule has 0 bridgehead atoms.